The highest BCUT2D eigenvalue weighted by Gasteiger charge is 2.28. The maximum Gasteiger partial charge on any atom is 0.242 e. The Morgan fingerprint density at radius 3 is 3.00 bits per heavy atom. The first kappa shape index (κ1) is 12.9. The number of hydrogen-bond donors (Lipinski definition) is 1. The molecule has 0 bridgehead atoms. The van der Waals surface area contributed by atoms with E-state index in [-0.39, 0.29) is 6.10 Å². The van der Waals surface area contributed by atoms with Crippen LogP contribution in [0.2, 0.25) is 0 Å². The lowest BCUT2D eigenvalue weighted by atomic mass is 10.1. The lowest BCUT2D eigenvalue weighted by molar-refractivity contribution is 0.0296. The lowest BCUT2D eigenvalue weighted by Gasteiger charge is -2.39. The van der Waals surface area contributed by atoms with Crippen LogP contribution >= 0.6 is 0 Å². The van der Waals surface area contributed by atoms with Crippen molar-refractivity contribution in [3.8, 4) is 5.88 Å². The Labute approximate surface area is 107 Å². The van der Waals surface area contributed by atoms with Gasteiger partial charge in [0.25, 0.3) is 0 Å². The summed E-state index contributed by atoms with van der Waals surface area (Å²) in [5, 5.41) is 0. The van der Waals surface area contributed by atoms with Crippen LogP contribution in [0.1, 0.15) is 20.3 Å². The van der Waals surface area contributed by atoms with E-state index in [0.29, 0.717) is 24.2 Å². The average molecular weight is 252 g/mol. The monoisotopic (exact) mass is 252 g/mol. The van der Waals surface area contributed by atoms with Gasteiger partial charge in [-0.15, -0.1) is 0 Å². The summed E-state index contributed by atoms with van der Waals surface area (Å²) in [4.78, 5) is 10.5. The molecule has 1 saturated heterocycles. The third-order valence-corrected chi connectivity index (χ3v) is 3.23. The van der Waals surface area contributed by atoms with Gasteiger partial charge in [-0.25, -0.2) is 4.98 Å². The highest BCUT2D eigenvalue weighted by molar-refractivity contribution is 5.68. The molecule has 0 saturated carbocycles. The number of hydrogen-bond acceptors (Lipinski definition) is 6. The maximum absolute atomic E-state index is 6.05. The zero-order valence-corrected chi connectivity index (χ0v) is 11.1. The fourth-order valence-electron chi connectivity index (χ4n) is 2.20. The van der Waals surface area contributed by atoms with Crippen LogP contribution in [0.15, 0.2) is 6.33 Å². The molecule has 1 aliphatic rings. The van der Waals surface area contributed by atoms with E-state index in [4.69, 9.17) is 15.2 Å². The summed E-state index contributed by atoms with van der Waals surface area (Å²) in [6.45, 7) is 5.66. The van der Waals surface area contributed by atoms with Gasteiger partial charge in [-0.3, -0.25) is 0 Å². The SMILES string of the molecule is CCC1COC(C)CN1c1ncnc(OC)c1N. The standard InChI is InChI=1S/C12H20N4O2/c1-4-9-6-18-8(2)5-16(9)11-10(13)12(17-3)15-7-14-11/h7-9H,4-6,13H2,1-3H3. The van der Waals surface area contributed by atoms with Crippen molar-refractivity contribution in [3.05, 3.63) is 6.33 Å². The topological polar surface area (TPSA) is 73.5 Å². The van der Waals surface area contributed by atoms with E-state index in [2.05, 4.69) is 21.8 Å². The summed E-state index contributed by atoms with van der Waals surface area (Å²) in [7, 11) is 1.56. The van der Waals surface area contributed by atoms with Crippen LogP contribution < -0.4 is 15.4 Å². The number of ether oxygens (including phenoxy) is 2. The summed E-state index contributed by atoms with van der Waals surface area (Å²) >= 11 is 0. The largest absolute Gasteiger partial charge is 0.479 e. The summed E-state index contributed by atoms with van der Waals surface area (Å²) < 4.78 is 10.8. The Kier molecular flexibility index (Phi) is 3.86. The maximum atomic E-state index is 6.05. The second-order valence-electron chi connectivity index (χ2n) is 4.48. The van der Waals surface area contributed by atoms with E-state index >= 15 is 0 Å². The Balaban J connectivity index is 2.33. The van der Waals surface area contributed by atoms with Crippen LogP contribution in [-0.2, 0) is 4.74 Å². The molecule has 1 fully saturated rings. The molecule has 6 heteroatoms. The molecule has 1 aromatic rings. The molecular weight excluding hydrogens is 232 g/mol. The minimum Gasteiger partial charge on any atom is -0.479 e. The second kappa shape index (κ2) is 5.39. The van der Waals surface area contributed by atoms with Crippen molar-refractivity contribution in [1.29, 1.82) is 0 Å². The predicted molar refractivity (Wildman–Crippen MR) is 69.8 cm³/mol. The van der Waals surface area contributed by atoms with Gasteiger partial charge in [0.05, 0.1) is 25.9 Å². The highest BCUT2D eigenvalue weighted by Crippen LogP contribution is 2.31. The van der Waals surface area contributed by atoms with Crippen LogP contribution in [0.3, 0.4) is 0 Å². The molecule has 2 N–H and O–H groups in total. The van der Waals surface area contributed by atoms with Crippen LogP contribution in [-0.4, -0.2) is 42.4 Å². The zero-order chi connectivity index (χ0) is 13.1. The van der Waals surface area contributed by atoms with Gasteiger partial charge in [0.1, 0.15) is 12.0 Å². The Bertz CT molecular complexity index is 413. The molecule has 2 unspecified atom stereocenters. The zero-order valence-electron chi connectivity index (χ0n) is 11.1. The Morgan fingerprint density at radius 1 is 1.56 bits per heavy atom. The van der Waals surface area contributed by atoms with Gasteiger partial charge in [-0.05, 0) is 13.3 Å². The quantitative estimate of drug-likeness (QED) is 0.867. The average Bonchev–Trinajstić information content (AvgIpc) is 2.39. The van der Waals surface area contributed by atoms with Gasteiger partial charge < -0.3 is 20.1 Å². The molecule has 2 rings (SSSR count). The van der Waals surface area contributed by atoms with Crippen molar-refractivity contribution in [3.63, 3.8) is 0 Å². The number of methoxy groups -OCH3 is 1. The number of nitrogens with zero attached hydrogens (tertiary/aromatic N) is 3. The fourth-order valence-corrected chi connectivity index (χ4v) is 2.20. The molecule has 6 nitrogen and oxygen atoms in total. The van der Waals surface area contributed by atoms with Crippen molar-refractivity contribution in [2.45, 2.75) is 32.4 Å². The summed E-state index contributed by atoms with van der Waals surface area (Å²) in [6.07, 6.45) is 2.64. The van der Waals surface area contributed by atoms with Crippen LogP contribution in [0.5, 0.6) is 5.88 Å². The second-order valence-corrected chi connectivity index (χ2v) is 4.48. The normalized spacial score (nSPS) is 24.1. The molecule has 0 spiro atoms. The van der Waals surface area contributed by atoms with Crippen LogP contribution in [0.25, 0.3) is 0 Å². The molecule has 0 radical (unpaired) electrons. The van der Waals surface area contributed by atoms with E-state index in [0.717, 1.165) is 18.8 Å². The number of nitrogens with two attached hydrogens (primary N) is 1. The molecule has 2 atom stereocenters. The van der Waals surface area contributed by atoms with E-state index in [9.17, 15) is 0 Å². The molecule has 2 heterocycles. The number of morpholine rings is 1. The van der Waals surface area contributed by atoms with Crippen molar-refractivity contribution >= 4 is 11.5 Å². The minimum atomic E-state index is 0.174. The highest BCUT2D eigenvalue weighted by atomic mass is 16.5. The molecule has 100 valence electrons. The fraction of sp³-hybridized carbons (Fsp3) is 0.667. The van der Waals surface area contributed by atoms with E-state index in [1.807, 2.05) is 6.92 Å². The van der Waals surface area contributed by atoms with E-state index in [1.54, 1.807) is 7.11 Å². The van der Waals surface area contributed by atoms with Gasteiger partial charge in [0, 0.05) is 6.54 Å². The van der Waals surface area contributed by atoms with Crippen molar-refractivity contribution in [1.82, 2.24) is 9.97 Å². The third kappa shape index (κ3) is 2.33. The number of anilines is 2. The van der Waals surface area contributed by atoms with E-state index < -0.39 is 0 Å². The number of nitrogen functional groups attached to an aromatic ring is 1. The van der Waals surface area contributed by atoms with Gasteiger partial charge in [-0.2, -0.15) is 4.98 Å². The first-order valence-corrected chi connectivity index (χ1v) is 6.20. The Hall–Kier alpha value is -1.56. The van der Waals surface area contributed by atoms with Gasteiger partial charge >= 0.3 is 0 Å². The van der Waals surface area contributed by atoms with Crippen LogP contribution in [0.4, 0.5) is 11.5 Å². The summed E-state index contributed by atoms with van der Waals surface area (Å²) in [5.41, 5.74) is 6.55. The van der Waals surface area contributed by atoms with Crippen molar-refractivity contribution in [2.75, 3.05) is 30.9 Å². The van der Waals surface area contributed by atoms with Crippen molar-refractivity contribution < 1.29 is 9.47 Å². The third-order valence-electron chi connectivity index (χ3n) is 3.23. The number of aromatic nitrogens is 2. The van der Waals surface area contributed by atoms with Gasteiger partial charge in [0.2, 0.25) is 5.88 Å². The number of rotatable bonds is 3. The molecular formula is C12H20N4O2. The van der Waals surface area contributed by atoms with Crippen LogP contribution in [0, 0.1) is 0 Å². The molecule has 0 aliphatic carbocycles. The molecule has 1 aromatic heterocycles. The molecule has 0 aromatic carbocycles. The summed E-state index contributed by atoms with van der Waals surface area (Å²) in [5.74, 6) is 1.16. The van der Waals surface area contributed by atoms with Gasteiger partial charge in [-0.1, -0.05) is 6.92 Å². The predicted octanol–water partition coefficient (Wildman–Crippen LogP) is 1.07. The summed E-state index contributed by atoms with van der Waals surface area (Å²) in [6, 6.07) is 0.295. The molecule has 18 heavy (non-hydrogen) atoms. The minimum absolute atomic E-state index is 0.174. The molecule has 0 amide bonds. The molecule has 1 aliphatic heterocycles. The Morgan fingerprint density at radius 2 is 2.33 bits per heavy atom. The van der Waals surface area contributed by atoms with E-state index in [1.165, 1.54) is 6.33 Å². The van der Waals surface area contributed by atoms with Crippen molar-refractivity contribution in [2.24, 2.45) is 0 Å². The lowest BCUT2D eigenvalue weighted by Crippen LogP contribution is -2.49. The first-order chi connectivity index (χ1) is 8.67. The van der Waals surface area contributed by atoms with Gasteiger partial charge in [0.15, 0.2) is 5.82 Å². The smallest absolute Gasteiger partial charge is 0.242 e. The first-order valence-electron chi connectivity index (χ1n) is 6.20.